The van der Waals surface area contributed by atoms with Crippen LogP contribution in [0.4, 0.5) is 4.79 Å². The van der Waals surface area contributed by atoms with E-state index in [4.69, 9.17) is 23.3 Å². The van der Waals surface area contributed by atoms with Gasteiger partial charge >= 0.3 is 18.0 Å². The normalized spacial score (nSPS) is 14.3. The van der Waals surface area contributed by atoms with Crippen molar-refractivity contribution in [3.63, 3.8) is 0 Å². The molecule has 1 aromatic heterocycles. The van der Waals surface area contributed by atoms with Gasteiger partial charge in [0, 0.05) is 49.4 Å². The molecular formula is C49H58N3O11P. The summed E-state index contributed by atoms with van der Waals surface area (Å²) in [6.07, 6.45) is -3.18. The van der Waals surface area contributed by atoms with Gasteiger partial charge in [0.05, 0.1) is 5.92 Å². The fourth-order valence-corrected chi connectivity index (χ4v) is 9.48. The SMILES string of the molecule is CCC(=O)OC(OP(=O)(CC(Cc1cc(-c2ccccc2)no1)C(=O)NC(Cc1ccc(OC(C)(C)C)cc1)C(=O)O)[C@H](Cc1ccccc1)NC(=O)OCc1ccccc1)C(C)C. The molecule has 0 bridgehead atoms. The third-order valence-corrected chi connectivity index (χ3v) is 12.7. The Morgan fingerprint density at radius 3 is 1.95 bits per heavy atom. The number of carboxylic acids is 1. The van der Waals surface area contributed by atoms with Gasteiger partial charge in [0.25, 0.3) is 0 Å². The first-order chi connectivity index (χ1) is 30.5. The predicted molar refractivity (Wildman–Crippen MR) is 241 cm³/mol. The molecule has 1 heterocycles. The average Bonchev–Trinajstić information content (AvgIpc) is 3.74. The summed E-state index contributed by atoms with van der Waals surface area (Å²) in [5.41, 5.74) is 2.77. The van der Waals surface area contributed by atoms with Gasteiger partial charge in [0.2, 0.25) is 19.6 Å². The van der Waals surface area contributed by atoms with Crippen molar-refractivity contribution in [2.24, 2.45) is 11.8 Å². The van der Waals surface area contributed by atoms with Gasteiger partial charge in [0.15, 0.2) is 0 Å². The number of benzene rings is 4. The van der Waals surface area contributed by atoms with Crippen molar-refractivity contribution >= 4 is 31.3 Å². The van der Waals surface area contributed by atoms with Crippen LogP contribution >= 0.6 is 7.37 Å². The van der Waals surface area contributed by atoms with Crippen LogP contribution in [0.2, 0.25) is 0 Å². The number of ether oxygens (including phenoxy) is 3. The van der Waals surface area contributed by atoms with Gasteiger partial charge in [-0.1, -0.05) is 129 Å². The summed E-state index contributed by atoms with van der Waals surface area (Å²) in [4.78, 5) is 53.9. The molecule has 64 heavy (non-hydrogen) atoms. The van der Waals surface area contributed by atoms with Crippen molar-refractivity contribution in [3.8, 4) is 17.0 Å². The Labute approximate surface area is 374 Å². The van der Waals surface area contributed by atoms with Gasteiger partial charge in [-0.25, -0.2) is 9.59 Å². The number of aromatic nitrogens is 1. The molecule has 14 nitrogen and oxygen atoms in total. The number of alkyl carbamates (subject to hydrolysis) is 1. The lowest BCUT2D eigenvalue weighted by Gasteiger charge is -2.34. The third-order valence-electron chi connectivity index (χ3n) is 9.93. The molecule has 4 aromatic carbocycles. The zero-order valence-corrected chi connectivity index (χ0v) is 38.0. The van der Waals surface area contributed by atoms with Crippen LogP contribution in [0.3, 0.4) is 0 Å². The Hall–Kier alpha value is -6.24. The van der Waals surface area contributed by atoms with E-state index in [1.54, 1.807) is 99.6 Å². The number of hydrogen-bond acceptors (Lipinski definition) is 11. The van der Waals surface area contributed by atoms with Crippen LogP contribution in [0.5, 0.6) is 5.75 Å². The highest BCUT2D eigenvalue weighted by Crippen LogP contribution is 2.56. The maximum atomic E-state index is 16.0. The molecule has 0 aliphatic carbocycles. The molecule has 15 heteroatoms. The van der Waals surface area contributed by atoms with Crippen LogP contribution < -0.4 is 15.4 Å². The number of nitrogens with zero attached hydrogens (tertiary/aromatic N) is 1. The van der Waals surface area contributed by atoms with E-state index in [9.17, 15) is 24.3 Å². The van der Waals surface area contributed by atoms with Gasteiger partial charge in [-0.2, -0.15) is 0 Å². The average molecular weight is 896 g/mol. The minimum atomic E-state index is -4.45. The summed E-state index contributed by atoms with van der Waals surface area (Å²) in [7, 11) is -4.45. The molecule has 0 saturated carbocycles. The van der Waals surface area contributed by atoms with E-state index in [1.165, 1.54) is 0 Å². The zero-order valence-electron chi connectivity index (χ0n) is 37.1. The van der Waals surface area contributed by atoms with Crippen molar-refractivity contribution < 1.29 is 52.1 Å². The van der Waals surface area contributed by atoms with Crippen LogP contribution in [0.15, 0.2) is 126 Å². The molecule has 0 aliphatic heterocycles. The molecule has 0 radical (unpaired) electrons. The number of nitrogens with one attached hydrogen (secondary N) is 2. The lowest BCUT2D eigenvalue weighted by Crippen LogP contribution is -2.47. The lowest BCUT2D eigenvalue weighted by atomic mass is 10.0. The smallest absolute Gasteiger partial charge is 0.408 e. The van der Waals surface area contributed by atoms with Gasteiger partial charge in [-0.3, -0.25) is 18.7 Å². The van der Waals surface area contributed by atoms with Gasteiger partial charge in [-0.05, 0) is 49.6 Å². The fraction of sp³-hybridized carbons (Fsp3) is 0.367. The maximum absolute atomic E-state index is 16.0. The molecule has 5 rings (SSSR count). The van der Waals surface area contributed by atoms with Gasteiger partial charge in [-0.15, -0.1) is 0 Å². The summed E-state index contributed by atoms with van der Waals surface area (Å²) >= 11 is 0. The van der Waals surface area contributed by atoms with E-state index in [0.717, 1.165) is 5.56 Å². The first-order valence-corrected chi connectivity index (χ1v) is 23.2. The lowest BCUT2D eigenvalue weighted by molar-refractivity contribution is -0.169. The molecular weight excluding hydrogens is 838 g/mol. The highest BCUT2D eigenvalue weighted by atomic mass is 31.2. The molecule has 2 amide bonds. The number of carboxylic acid groups (broad SMARTS) is 1. The van der Waals surface area contributed by atoms with Gasteiger partial charge in [0.1, 0.15) is 41.2 Å². The van der Waals surface area contributed by atoms with Crippen molar-refractivity contribution in [2.45, 2.75) is 97.5 Å². The summed E-state index contributed by atoms with van der Waals surface area (Å²) < 4.78 is 45.4. The fourth-order valence-electron chi connectivity index (χ4n) is 6.66. The standard InChI is InChI=1S/C49H58N3O11P/c1-7-44(53)60-47(33(2)3)63-64(58,43(28-34-17-11-8-12-18-34)51-48(57)59-31-36-19-13-9-14-20-36)32-38(29-40-30-41(52-62-40)37-21-15-10-16-22-37)45(54)50-42(46(55)56)27-35-23-25-39(26-24-35)61-49(4,5)6/h8-26,30,33,38,42-43,47H,7,27-29,31-32H2,1-6H3,(H,50,54)(H,51,57)(H,55,56)/t38?,42?,43-,47?,64?/m1/s1. The third kappa shape index (κ3) is 15.2. The minimum absolute atomic E-state index is 0.00240. The van der Waals surface area contributed by atoms with E-state index >= 15 is 4.57 Å². The highest BCUT2D eigenvalue weighted by Gasteiger charge is 2.44. The van der Waals surface area contributed by atoms with Crippen LogP contribution in [0, 0.1) is 11.8 Å². The maximum Gasteiger partial charge on any atom is 0.408 e. The molecule has 0 aliphatic rings. The molecule has 0 saturated heterocycles. The Morgan fingerprint density at radius 1 is 0.781 bits per heavy atom. The first kappa shape index (κ1) is 48.8. The van der Waals surface area contributed by atoms with E-state index < -0.39 is 73.0 Å². The van der Waals surface area contributed by atoms with Crippen molar-refractivity contribution in [2.75, 3.05) is 6.16 Å². The molecule has 5 aromatic rings. The summed E-state index contributed by atoms with van der Waals surface area (Å²) in [6, 6.07) is 34.3. The monoisotopic (exact) mass is 895 g/mol. The largest absolute Gasteiger partial charge is 0.488 e. The van der Waals surface area contributed by atoms with Crippen molar-refractivity contribution in [3.05, 3.63) is 144 Å². The first-order valence-electron chi connectivity index (χ1n) is 21.3. The summed E-state index contributed by atoms with van der Waals surface area (Å²) in [6.45, 7) is 10.7. The van der Waals surface area contributed by atoms with Gasteiger partial charge < -0.3 is 34.5 Å². The number of amides is 2. The Morgan fingerprint density at radius 2 is 1.38 bits per heavy atom. The molecule has 4 unspecified atom stereocenters. The number of carbonyl (C=O) groups excluding carboxylic acids is 3. The summed E-state index contributed by atoms with van der Waals surface area (Å²) in [5, 5.41) is 20.1. The van der Waals surface area contributed by atoms with E-state index in [1.807, 2.05) is 63.2 Å². The molecule has 5 atom stereocenters. The van der Waals surface area contributed by atoms with Crippen LogP contribution in [0.1, 0.15) is 70.4 Å². The predicted octanol–water partition coefficient (Wildman–Crippen LogP) is 9.21. The number of rotatable bonds is 22. The van der Waals surface area contributed by atoms with Crippen LogP contribution in [-0.4, -0.2) is 64.1 Å². The van der Waals surface area contributed by atoms with Crippen LogP contribution in [0.25, 0.3) is 11.3 Å². The quantitative estimate of drug-likeness (QED) is 0.0339. The number of hydrogen-bond donors (Lipinski definition) is 3. The zero-order chi connectivity index (χ0) is 46.3. The Bertz CT molecular complexity index is 2310. The Balaban J connectivity index is 1.55. The summed E-state index contributed by atoms with van der Waals surface area (Å²) in [5.74, 6) is -5.04. The van der Waals surface area contributed by atoms with E-state index in [0.29, 0.717) is 28.1 Å². The molecule has 0 fully saturated rings. The molecule has 0 spiro atoms. The molecule has 340 valence electrons. The highest BCUT2D eigenvalue weighted by molar-refractivity contribution is 7.59. The van der Waals surface area contributed by atoms with Crippen LogP contribution in [-0.2, 0) is 58.8 Å². The minimum Gasteiger partial charge on any atom is -0.488 e. The van der Waals surface area contributed by atoms with Crippen molar-refractivity contribution in [1.29, 1.82) is 0 Å². The second kappa shape index (κ2) is 22.9. The molecule has 3 N–H and O–H groups in total. The van der Waals surface area contributed by atoms with E-state index in [2.05, 4.69) is 15.8 Å². The number of esters is 1. The topological polar surface area (TPSA) is 193 Å². The number of aliphatic carboxylic acids is 1. The number of carbonyl (C=O) groups is 4. The van der Waals surface area contributed by atoms with E-state index in [-0.39, 0.29) is 38.1 Å². The Kier molecular flexibility index (Phi) is 17.5. The van der Waals surface area contributed by atoms with Crippen molar-refractivity contribution in [1.82, 2.24) is 15.8 Å². The second-order valence-corrected chi connectivity index (χ2v) is 19.4. The second-order valence-electron chi connectivity index (χ2n) is 16.8.